The molecule has 0 fully saturated rings. The molecule has 1 aromatic rings. The van der Waals surface area contributed by atoms with Crippen molar-refractivity contribution in [1.82, 2.24) is 0 Å². The van der Waals surface area contributed by atoms with Crippen molar-refractivity contribution in [3.05, 3.63) is 27.7 Å². The smallest absolute Gasteiger partial charge is 0.414 e. The van der Waals surface area contributed by atoms with Crippen LogP contribution in [0.1, 0.15) is 34.1 Å². The van der Waals surface area contributed by atoms with Gasteiger partial charge in [-0.1, -0.05) is 18.5 Å². The van der Waals surface area contributed by atoms with Crippen molar-refractivity contribution in [2.24, 2.45) is 0 Å². The molecule has 1 rings (SSSR count). The van der Waals surface area contributed by atoms with Gasteiger partial charge in [-0.3, -0.25) is 4.90 Å². The van der Waals surface area contributed by atoms with E-state index in [9.17, 15) is 4.79 Å². The Balaban J connectivity index is 2.99. The molecule has 0 saturated carbocycles. The molecule has 0 aliphatic heterocycles. The van der Waals surface area contributed by atoms with Crippen LogP contribution in [0.15, 0.2) is 22.7 Å². The Bertz CT molecular complexity index is 457. The van der Waals surface area contributed by atoms with Gasteiger partial charge in [-0.05, 0) is 61.3 Å². The first-order valence-corrected chi connectivity index (χ1v) is 7.37. The van der Waals surface area contributed by atoms with Gasteiger partial charge in [0.05, 0.1) is 5.02 Å². The molecule has 5 heteroatoms. The molecule has 1 aromatic carbocycles. The zero-order valence-electron chi connectivity index (χ0n) is 11.7. The molecule has 0 N–H and O–H groups in total. The number of rotatable bonds is 3. The molecule has 0 heterocycles. The first kappa shape index (κ1) is 16.3. The van der Waals surface area contributed by atoms with Crippen molar-refractivity contribution in [2.45, 2.75) is 39.7 Å². The molecule has 0 radical (unpaired) electrons. The average molecular weight is 349 g/mol. The van der Waals surface area contributed by atoms with Crippen molar-refractivity contribution in [2.75, 3.05) is 11.4 Å². The lowest BCUT2D eigenvalue weighted by molar-refractivity contribution is 0.0580. The lowest BCUT2D eigenvalue weighted by Gasteiger charge is -2.27. The van der Waals surface area contributed by atoms with Gasteiger partial charge in [0.1, 0.15) is 5.60 Å². The van der Waals surface area contributed by atoms with E-state index in [1.165, 1.54) is 0 Å². The van der Waals surface area contributed by atoms with Gasteiger partial charge in [-0.2, -0.15) is 0 Å². The minimum absolute atomic E-state index is 0.354. The van der Waals surface area contributed by atoms with Crippen LogP contribution in [0.5, 0.6) is 0 Å². The number of hydrogen-bond donors (Lipinski definition) is 0. The Morgan fingerprint density at radius 2 is 2.05 bits per heavy atom. The van der Waals surface area contributed by atoms with Gasteiger partial charge < -0.3 is 4.74 Å². The van der Waals surface area contributed by atoms with Crippen LogP contribution < -0.4 is 4.90 Å². The lowest BCUT2D eigenvalue weighted by Crippen LogP contribution is -2.37. The fraction of sp³-hybridized carbons (Fsp3) is 0.500. The van der Waals surface area contributed by atoms with E-state index >= 15 is 0 Å². The maximum atomic E-state index is 12.2. The number of carbonyl (C=O) groups excluding carboxylic acids is 1. The van der Waals surface area contributed by atoms with Crippen LogP contribution in [0.4, 0.5) is 10.5 Å². The highest BCUT2D eigenvalue weighted by Gasteiger charge is 2.23. The molecule has 0 aliphatic rings. The minimum Gasteiger partial charge on any atom is -0.443 e. The molecule has 106 valence electrons. The summed E-state index contributed by atoms with van der Waals surface area (Å²) in [4.78, 5) is 13.8. The highest BCUT2D eigenvalue weighted by molar-refractivity contribution is 9.10. The van der Waals surface area contributed by atoms with E-state index in [1.54, 1.807) is 11.0 Å². The summed E-state index contributed by atoms with van der Waals surface area (Å²) in [6.07, 6.45) is 0.486. The van der Waals surface area contributed by atoms with Crippen LogP contribution in [0, 0.1) is 0 Å². The molecule has 0 bridgehead atoms. The Kier molecular flexibility index (Phi) is 5.68. The summed E-state index contributed by atoms with van der Waals surface area (Å²) in [5.41, 5.74) is 0.228. The van der Waals surface area contributed by atoms with Crippen molar-refractivity contribution >= 4 is 39.3 Å². The Morgan fingerprint density at radius 1 is 1.42 bits per heavy atom. The second-order valence-corrected chi connectivity index (χ2v) is 6.49. The Morgan fingerprint density at radius 3 is 2.53 bits per heavy atom. The van der Waals surface area contributed by atoms with Crippen molar-refractivity contribution in [3.63, 3.8) is 0 Å². The number of benzene rings is 1. The first-order valence-electron chi connectivity index (χ1n) is 6.20. The third kappa shape index (κ3) is 5.03. The van der Waals surface area contributed by atoms with E-state index in [1.807, 2.05) is 39.8 Å². The highest BCUT2D eigenvalue weighted by atomic mass is 79.9. The lowest BCUT2D eigenvalue weighted by atomic mass is 10.2. The third-order valence-electron chi connectivity index (χ3n) is 2.28. The number of carbonyl (C=O) groups is 1. The monoisotopic (exact) mass is 347 g/mol. The second kappa shape index (κ2) is 6.62. The summed E-state index contributed by atoms with van der Waals surface area (Å²) in [5, 5.41) is 0.571. The number of amides is 1. The second-order valence-electron chi connectivity index (χ2n) is 5.23. The van der Waals surface area contributed by atoms with Gasteiger partial charge in [-0.25, -0.2) is 4.79 Å². The van der Waals surface area contributed by atoms with Gasteiger partial charge >= 0.3 is 6.09 Å². The number of hydrogen-bond acceptors (Lipinski definition) is 2. The van der Waals surface area contributed by atoms with Crippen LogP contribution in [-0.2, 0) is 4.74 Å². The van der Waals surface area contributed by atoms with Crippen LogP contribution in [0.3, 0.4) is 0 Å². The molecule has 0 aromatic heterocycles. The summed E-state index contributed by atoms with van der Waals surface area (Å²) in [7, 11) is 0. The zero-order chi connectivity index (χ0) is 14.6. The SMILES string of the molecule is CCCN(C(=O)OC(C)(C)C)c1ccc(Br)c(Cl)c1. The van der Waals surface area contributed by atoms with Gasteiger partial charge in [0.25, 0.3) is 0 Å². The summed E-state index contributed by atoms with van der Waals surface area (Å²) in [6, 6.07) is 5.42. The van der Waals surface area contributed by atoms with E-state index in [0.717, 1.165) is 16.6 Å². The number of halogens is 2. The highest BCUT2D eigenvalue weighted by Crippen LogP contribution is 2.28. The number of nitrogens with zero attached hydrogens (tertiary/aromatic N) is 1. The number of ether oxygens (including phenoxy) is 1. The average Bonchev–Trinajstić information content (AvgIpc) is 2.27. The van der Waals surface area contributed by atoms with Crippen LogP contribution in [-0.4, -0.2) is 18.2 Å². The minimum atomic E-state index is -0.512. The quantitative estimate of drug-likeness (QED) is 0.746. The predicted octanol–water partition coefficient (Wildman–Crippen LogP) is 5.25. The topological polar surface area (TPSA) is 29.5 Å². The molecule has 0 atom stereocenters. The summed E-state index contributed by atoms with van der Waals surface area (Å²) in [5.74, 6) is 0. The summed E-state index contributed by atoms with van der Waals surface area (Å²) < 4.78 is 6.21. The van der Waals surface area contributed by atoms with Crippen molar-refractivity contribution in [1.29, 1.82) is 0 Å². The fourth-order valence-corrected chi connectivity index (χ4v) is 1.94. The molecule has 0 aliphatic carbocycles. The molecule has 3 nitrogen and oxygen atoms in total. The molecule has 0 unspecified atom stereocenters. The van der Waals surface area contributed by atoms with E-state index in [4.69, 9.17) is 16.3 Å². The number of anilines is 1. The Hall–Kier alpha value is -0.740. The molecule has 0 spiro atoms. The van der Waals surface area contributed by atoms with E-state index in [0.29, 0.717) is 11.6 Å². The zero-order valence-corrected chi connectivity index (χ0v) is 14.0. The van der Waals surface area contributed by atoms with Gasteiger partial charge in [0.2, 0.25) is 0 Å². The van der Waals surface area contributed by atoms with Gasteiger partial charge in [0.15, 0.2) is 0 Å². The van der Waals surface area contributed by atoms with Crippen LogP contribution >= 0.6 is 27.5 Å². The normalized spacial score (nSPS) is 11.3. The summed E-state index contributed by atoms with van der Waals surface area (Å²) >= 11 is 9.41. The first-order chi connectivity index (χ1) is 8.74. The fourth-order valence-electron chi connectivity index (χ4n) is 1.52. The van der Waals surface area contributed by atoms with Crippen molar-refractivity contribution in [3.8, 4) is 0 Å². The maximum absolute atomic E-state index is 12.2. The standard InChI is InChI=1S/C14H19BrClNO2/c1-5-8-17(13(18)19-14(2,3)4)10-6-7-11(15)12(16)9-10/h6-7,9H,5,8H2,1-4H3. The van der Waals surface area contributed by atoms with Crippen molar-refractivity contribution < 1.29 is 9.53 Å². The predicted molar refractivity (Wildman–Crippen MR) is 83.0 cm³/mol. The molecular weight excluding hydrogens is 330 g/mol. The van der Waals surface area contributed by atoms with Gasteiger partial charge in [0, 0.05) is 16.7 Å². The summed E-state index contributed by atoms with van der Waals surface area (Å²) in [6.45, 7) is 8.15. The van der Waals surface area contributed by atoms with Crippen LogP contribution in [0.25, 0.3) is 0 Å². The maximum Gasteiger partial charge on any atom is 0.414 e. The van der Waals surface area contributed by atoms with E-state index in [-0.39, 0.29) is 6.09 Å². The molecular formula is C14H19BrClNO2. The molecule has 19 heavy (non-hydrogen) atoms. The third-order valence-corrected chi connectivity index (χ3v) is 3.51. The Labute approximate surface area is 128 Å². The van der Waals surface area contributed by atoms with Crippen LogP contribution in [0.2, 0.25) is 5.02 Å². The van der Waals surface area contributed by atoms with Gasteiger partial charge in [-0.15, -0.1) is 0 Å². The molecule has 1 amide bonds. The van der Waals surface area contributed by atoms with E-state index < -0.39 is 5.60 Å². The van der Waals surface area contributed by atoms with E-state index in [2.05, 4.69) is 15.9 Å². The largest absolute Gasteiger partial charge is 0.443 e. The molecule has 0 saturated heterocycles.